The summed E-state index contributed by atoms with van der Waals surface area (Å²) in [4.78, 5) is 24.6. The van der Waals surface area contributed by atoms with Crippen molar-refractivity contribution in [1.82, 2.24) is 4.90 Å². The molecule has 1 aromatic rings. The molecular formula is C14H11BrNO3S2-. The average molecular weight is 385 g/mol. The lowest BCUT2D eigenvalue weighted by Gasteiger charge is -2.14. The average Bonchev–Trinajstić information content (AvgIpc) is 2.68. The number of carboxylic acid groups (broad SMARTS) is 1. The van der Waals surface area contributed by atoms with Crippen molar-refractivity contribution in [2.75, 3.05) is 6.54 Å². The first-order chi connectivity index (χ1) is 9.97. The molecule has 2 rings (SSSR count). The van der Waals surface area contributed by atoms with E-state index in [1.807, 2.05) is 24.3 Å². The van der Waals surface area contributed by atoms with Gasteiger partial charge >= 0.3 is 0 Å². The number of aliphatic carboxylic acids is 1. The van der Waals surface area contributed by atoms with Crippen molar-refractivity contribution in [3.8, 4) is 0 Å². The molecule has 0 aliphatic carbocycles. The fourth-order valence-electron chi connectivity index (χ4n) is 1.78. The van der Waals surface area contributed by atoms with Crippen LogP contribution < -0.4 is 5.11 Å². The Bertz CT molecular complexity index is 613. The molecule has 0 saturated carbocycles. The van der Waals surface area contributed by atoms with Crippen molar-refractivity contribution < 1.29 is 14.7 Å². The van der Waals surface area contributed by atoms with Crippen molar-refractivity contribution in [1.29, 1.82) is 0 Å². The number of halogens is 1. The van der Waals surface area contributed by atoms with Gasteiger partial charge in [0.05, 0.1) is 4.91 Å². The molecule has 0 atom stereocenters. The first-order valence-corrected chi connectivity index (χ1v) is 8.20. The van der Waals surface area contributed by atoms with E-state index >= 15 is 0 Å². The third kappa shape index (κ3) is 4.39. The van der Waals surface area contributed by atoms with Crippen LogP contribution in [0.2, 0.25) is 0 Å². The summed E-state index contributed by atoms with van der Waals surface area (Å²) in [6.45, 7) is 0.302. The third-order valence-electron chi connectivity index (χ3n) is 2.80. The summed E-state index contributed by atoms with van der Waals surface area (Å²) in [6, 6.07) is 7.58. The number of hydrogen-bond acceptors (Lipinski definition) is 5. The van der Waals surface area contributed by atoms with Crippen molar-refractivity contribution in [2.45, 2.75) is 12.8 Å². The number of rotatable bonds is 5. The van der Waals surface area contributed by atoms with Gasteiger partial charge in [0, 0.05) is 17.0 Å². The molecule has 4 nitrogen and oxygen atoms in total. The fourth-order valence-corrected chi connectivity index (χ4v) is 3.36. The molecule has 1 aliphatic rings. The Morgan fingerprint density at radius 2 is 2.05 bits per heavy atom. The quantitative estimate of drug-likeness (QED) is 0.575. The van der Waals surface area contributed by atoms with E-state index in [1.165, 1.54) is 16.7 Å². The zero-order valence-electron chi connectivity index (χ0n) is 10.9. The molecule has 1 aliphatic heterocycles. The Morgan fingerprint density at radius 1 is 1.38 bits per heavy atom. The predicted molar refractivity (Wildman–Crippen MR) is 88.3 cm³/mol. The van der Waals surface area contributed by atoms with E-state index < -0.39 is 5.97 Å². The first kappa shape index (κ1) is 16.2. The molecule has 1 amide bonds. The van der Waals surface area contributed by atoms with Gasteiger partial charge in [-0.25, -0.2) is 0 Å². The number of carbonyl (C=O) groups is 2. The number of thioether (sulfide) groups is 1. The third-order valence-corrected chi connectivity index (χ3v) is 4.71. The highest BCUT2D eigenvalue weighted by Gasteiger charge is 2.31. The van der Waals surface area contributed by atoms with Crippen molar-refractivity contribution >= 4 is 62.2 Å². The monoisotopic (exact) mass is 384 g/mol. The molecule has 21 heavy (non-hydrogen) atoms. The van der Waals surface area contributed by atoms with Gasteiger partial charge in [0.1, 0.15) is 4.32 Å². The van der Waals surface area contributed by atoms with Crippen LogP contribution in [0.25, 0.3) is 6.08 Å². The van der Waals surface area contributed by atoms with E-state index in [1.54, 1.807) is 6.08 Å². The zero-order chi connectivity index (χ0) is 15.4. The van der Waals surface area contributed by atoms with Crippen LogP contribution in [0, 0.1) is 0 Å². The maximum absolute atomic E-state index is 12.2. The van der Waals surface area contributed by atoms with Crippen LogP contribution in [0.1, 0.15) is 18.4 Å². The lowest BCUT2D eigenvalue weighted by molar-refractivity contribution is -0.305. The number of nitrogens with zero attached hydrogens (tertiary/aromatic N) is 1. The van der Waals surface area contributed by atoms with Gasteiger partial charge in [0.15, 0.2) is 0 Å². The summed E-state index contributed by atoms with van der Waals surface area (Å²) in [5.41, 5.74) is 0.911. The Hall–Kier alpha value is -1.18. The Kier molecular flexibility index (Phi) is 5.55. The van der Waals surface area contributed by atoms with Crippen molar-refractivity contribution in [3.63, 3.8) is 0 Å². The van der Waals surface area contributed by atoms with Gasteiger partial charge in [-0.05, 0) is 36.6 Å². The molecule has 1 aromatic carbocycles. The summed E-state index contributed by atoms with van der Waals surface area (Å²) in [5.74, 6) is -1.29. The summed E-state index contributed by atoms with van der Waals surface area (Å²) in [5, 5.41) is 10.4. The summed E-state index contributed by atoms with van der Waals surface area (Å²) in [7, 11) is 0. The minimum atomic E-state index is -1.12. The zero-order valence-corrected chi connectivity index (χ0v) is 14.1. The smallest absolute Gasteiger partial charge is 0.266 e. The van der Waals surface area contributed by atoms with Gasteiger partial charge < -0.3 is 9.90 Å². The van der Waals surface area contributed by atoms with E-state index in [-0.39, 0.29) is 12.3 Å². The largest absolute Gasteiger partial charge is 0.550 e. The lowest BCUT2D eigenvalue weighted by atomic mass is 10.2. The van der Waals surface area contributed by atoms with Crippen LogP contribution in [0.4, 0.5) is 0 Å². The SMILES string of the molecule is O=C([O-])CCCN1C(=O)C(=Cc2ccc(Br)cc2)SC1=S. The maximum atomic E-state index is 12.2. The van der Waals surface area contributed by atoms with Crippen LogP contribution in [-0.4, -0.2) is 27.6 Å². The molecule has 1 heterocycles. The number of amides is 1. The molecule has 0 radical (unpaired) electrons. The Labute approximate surface area is 140 Å². The first-order valence-electron chi connectivity index (χ1n) is 6.18. The minimum absolute atomic E-state index is 0.0805. The van der Waals surface area contributed by atoms with E-state index in [4.69, 9.17) is 12.2 Å². The maximum Gasteiger partial charge on any atom is 0.266 e. The van der Waals surface area contributed by atoms with Gasteiger partial charge in [0.25, 0.3) is 5.91 Å². The molecule has 1 fully saturated rings. The predicted octanol–water partition coefficient (Wildman–Crippen LogP) is 2.18. The molecule has 110 valence electrons. The lowest BCUT2D eigenvalue weighted by Crippen LogP contribution is -2.30. The van der Waals surface area contributed by atoms with Gasteiger partial charge in [-0.3, -0.25) is 9.69 Å². The summed E-state index contributed by atoms with van der Waals surface area (Å²) < 4.78 is 1.43. The fraction of sp³-hybridized carbons (Fsp3) is 0.214. The molecule has 0 spiro atoms. The van der Waals surface area contributed by atoms with E-state index in [0.29, 0.717) is 22.2 Å². The normalized spacial score (nSPS) is 16.8. The number of carbonyl (C=O) groups excluding carboxylic acids is 2. The topological polar surface area (TPSA) is 60.4 Å². The second-order valence-corrected chi connectivity index (χ2v) is 6.95. The molecule has 7 heteroatoms. The number of carboxylic acids is 1. The highest BCUT2D eigenvalue weighted by atomic mass is 79.9. The van der Waals surface area contributed by atoms with Gasteiger partial charge in [-0.1, -0.05) is 52.0 Å². The molecule has 1 saturated heterocycles. The standard InChI is InChI=1S/C14H12BrNO3S2/c15-10-5-3-9(4-6-10)8-11-13(19)16(14(20)21-11)7-1-2-12(17)18/h3-6,8H,1-2,7H2,(H,17,18)/p-1. The molecule has 0 unspecified atom stereocenters. The number of hydrogen-bond donors (Lipinski definition) is 0. The van der Waals surface area contributed by atoms with Gasteiger partial charge in [-0.15, -0.1) is 0 Å². The van der Waals surface area contributed by atoms with Crippen molar-refractivity contribution in [2.24, 2.45) is 0 Å². The van der Waals surface area contributed by atoms with Crippen molar-refractivity contribution in [3.05, 3.63) is 39.2 Å². The van der Waals surface area contributed by atoms with Gasteiger partial charge in [-0.2, -0.15) is 0 Å². The van der Waals surface area contributed by atoms with Crippen LogP contribution in [0.3, 0.4) is 0 Å². The Balaban J connectivity index is 2.06. The number of benzene rings is 1. The number of thiocarbonyl (C=S) groups is 1. The van der Waals surface area contributed by atoms with Crippen LogP contribution in [-0.2, 0) is 9.59 Å². The summed E-state index contributed by atoms with van der Waals surface area (Å²) >= 11 is 9.76. The van der Waals surface area contributed by atoms with E-state index in [9.17, 15) is 14.7 Å². The summed E-state index contributed by atoms with van der Waals surface area (Å²) in [6.07, 6.45) is 2.04. The highest BCUT2D eigenvalue weighted by Crippen LogP contribution is 2.32. The van der Waals surface area contributed by atoms with Crippen LogP contribution >= 0.6 is 39.9 Å². The molecule has 0 bridgehead atoms. The van der Waals surface area contributed by atoms with Crippen LogP contribution in [0.15, 0.2) is 33.6 Å². The van der Waals surface area contributed by atoms with Gasteiger partial charge in [0.2, 0.25) is 0 Å². The highest BCUT2D eigenvalue weighted by molar-refractivity contribution is 9.10. The van der Waals surface area contributed by atoms with E-state index in [2.05, 4.69) is 15.9 Å². The molecular weight excluding hydrogens is 374 g/mol. The minimum Gasteiger partial charge on any atom is -0.550 e. The molecule has 0 aromatic heterocycles. The molecule has 0 N–H and O–H groups in total. The Morgan fingerprint density at radius 3 is 2.67 bits per heavy atom. The second kappa shape index (κ2) is 7.20. The second-order valence-electron chi connectivity index (χ2n) is 4.36. The van der Waals surface area contributed by atoms with Crippen LogP contribution in [0.5, 0.6) is 0 Å². The van der Waals surface area contributed by atoms with E-state index in [0.717, 1.165) is 10.0 Å².